The van der Waals surface area contributed by atoms with Gasteiger partial charge in [0, 0.05) is 31.9 Å². The van der Waals surface area contributed by atoms with E-state index in [1.54, 1.807) is 24.0 Å². The summed E-state index contributed by atoms with van der Waals surface area (Å²) in [6.45, 7) is 5.13. The predicted octanol–water partition coefficient (Wildman–Crippen LogP) is 2.39. The van der Waals surface area contributed by atoms with Crippen molar-refractivity contribution < 1.29 is 17.6 Å². The Morgan fingerprint density at radius 3 is 2.39 bits per heavy atom. The summed E-state index contributed by atoms with van der Waals surface area (Å²) in [6, 6.07) is 7.48. The van der Waals surface area contributed by atoms with E-state index in [2.05, 4.69) is 34.5 Å². The standard InChI is InChI=1S/C20H24N6O4S/c1-13-10-14(2)12-26(11-13)31(28,29)16-6-4-15(5-7-16)18(27)22-20-24-23-19(30-20)17-8-9-21-25(17)3/h4-9,13-14H,10-12H2,1-3H3,(H,22,24,27)/t13-,14+. The van der Waals surface area contributed by atoms with Gasteiger partial charge in [0.15, 0.2) is 0 Å². The number of sulfonamides is 1. The molecule has 10 nitrogen and oxygen atoms in total. The Morgan fingerprint density at radius 1 is 1.10 bits per heavy atom. The molecule has 3 aromatic rings. The average Bonchev–Trinajstić information content (AvgIpc) is 3.36. The fourth-order valence-corrected chi connectivity index (χ4v) is 5.54. The highest BCUT2D eigenvalue weighted by Crippen LogP contribution is 2.27. The molecule has 2 aromatic heterocycles. The van der Waals surface area contributed by atoms with E-state index in [0.29, 0.717) is 30.6 Å². The number of piperidine rings is 1. The SMILES string of the molecule is C[C@@H]1C[C@H](C)CN(S(=O)(=O)c2ccc(C(=O)Nc3nnc(-c4ccnn4C)o3)cc2)C1. The van der Waals surface area contributed by atoms with E-state index in [0.717, 1.165) is 6.42 Å². The van der Waals surface area contributed by atoms with Gasteiger partial charge in [0.1, 0.15) is 5.69 Å². The third kappa shape index (κ3) is 4.37. The Hall–Kier alpha value is -3.05. The molecule has 0 bridgehead atoms. The van der Waals surface area contributed by atoms with Crippen molar-refractivity contribution in [3.05, 3.63) is 42.1 Å². The molecule has 4 rings (SSSR count). The van der Waals surface area contributed by atoms with Gasteiger partial charge in [-0.3, -0.25) is 14.8 Å². The first-order chi connectivity index (χ1) is 14.7. The van der Waals surface area contributed by atoms with Crippen LogP contribution in [0, 0.1) is 11.8 Å². The minimum Gasteiger partial charge on any atom is -0.401 e. The van der Waals surface area contributed by atoms with Crippen LogP contribution in [0.25, 0.3) is 11.6 Å². The average molecular weight is 445 g/mol. The van der Waals surface area contributed by atoms with E-state index in [1.807, 2.05) is 0 Å². The lowest BCUT2D eigenvalue weighted by Crippen LogP contribution is -2.42. The highest BCUT2D eigenvalue weighted by Gasteiger charge is 2.31. The van der Waals surface area contributed by atoms with Crippen molar-refractivity contribution in [2.24, 2.45) is 18.9 Å². The molecule has 0 spiro atoms. The van der Waals surface area contributed by atoms with Crippen LogP contribution in [0.5, 0.6) is 0 Å². The zero-order valence-corrected chi connectivity index (χ0v) is 18.3. The molecule has 1 saturated heterocycles. The third-order valence-electron chi connectivity index (χ3n) is 5.28. The van der Waals surface area contributed by atoms with Gasteiger partial charge in [-0.1, -0.05) is 18.9 Å². The fraction of sp³-hybridized carbons (Fsp3) is 0.400. The first kappa shape index (κ1) is 21.2. The van der Waals surface area contributed by atoms with Crippen molar-refractivity contribution in [3.63, 3.8) is 0 Å². The lowest BCUT2D eigenvalue weighted by Gasteiger charge is -2.34. The minimum atomic E-state index is -3.60. The number of aryl methyl sites for hydroxylation is 1. The fourth-order valence-electron chi connectivity index (χ4n) is 3.86. The Morgan fingerprint density at radius 2 is 1.77 bits per heavy atom. The zero-order valence-electron chi connectivity index (χ0n) is 17.5. The quantitative estimate of drug-likeness (QED) is 0.641. The van der Waals surface area contributed by atoms with Crippen molar-refractivity contribution in [2.75, 3.05) is 18.4 Å². The van der Waals surface area contributed by atoms with Gasteiger partial charge in [0.25, 0.3) is 11.8 Å². The highest BCUT2D eigenvalue weighted by molar-refractivity contribution is 7.89. The second-order valence-electron chi connectivity index (χ2n) is 8.00. The molecule has 0 unspecified atom stereocenters. The lowest BCUT2D eigenvalue weighted by atomic mass is 9.94. The molecular formula is C20H24N6O4S. The maximum Gasteiger partial charge on any atom is 0.322 e. The van der Waals surface area contributed by atoms with Crippen LogP contribution in [0.1, 0.15) is 30.6 Å². The monoisotopic (exact) mass is 444 g/mol. The van der Waals surface area contributed by atoms with Crippen LogP contribution in [0.15, 0.2) is 45.8 Å². The second-order valence-corrected chi connectivity index (χ2v) is 9.94. The summed E-state index contributed by atoms with van der Waals surface area (Å²) in [5.74, 6) is 0.370. The number of anilines is 1. The van der Waals surface area contributed by atoms with Gasteiger partial charge < -0.3 is 4.42 Å². The molecule has 3 heterocycles. The zero-order chi connectivity index (χ0) is 22.2. The van der Waals surface area contributed by atoms with Gasteiger partial charge in [0.05, 0.1) is 4.90 Å². The van der Waals surface area contributed by atoms with Gasteiger partial charge in [-0.25, -0.2) is 8.42 Å². The summed E-state index contributed by atoms with van der Waals surface area (Å²) in [4.78, 5) is 12.7. The van der Waals surface area contributed by atoms with Crippen LogP contribution in [0.2, 0.25) is 0 Å². The maximum absolute atomic E-state index is 13.0. The van der Waals surface area contributed by atoms with Crippen LogP contribution in [0.4, 0.5) is 6.01 Å². The Balaban J connectivity index is 1.46. The summed E-state index contributed by atoms with van der Waals surface area (Å²) in [5, 5.41) is 14.3. The summed E-state index contributed by atoms with van der Waals surface area (Å²) in [7, 11) is -1.87. The highest BCUT2D eigenvalue weighted by atomic mass is 32.2. The molecule has 1 aliphatic heterocycles. The molecule has 164 valence electrons. The minimum absolute atomic E-state index is 0.0609. The number of rotatable bonds is 5. The number of benzene rings is 1. The van der Waals surface area contributed by atoms with Crippen LogP contribution in [-0.4, -0.2) is 51.7 Å². The normalized spacial score (nSPS) is 20.0. The molecule has 2 atom stereocenters. The van der Waals surface area contributed by atoms with Gasteiger partial charge in [-0.2, -0.15) is 9.40 Å². The predicted molar refractivity (Wildman–Crippen MR) is 113 cm³/mol. The summed E-state index contributed by atoms with van der Waals surface area (Å²) >= 11 is 0. The summed E-state index contributed by atoms with van der Waals surface area (Å²) in [6.07, 6.45) is 2.61. The maximum atomic E-state index is 13.0. The number of nitrogens with one attached hydrogen (secondary N) is 1. The Bertz CT molecular complexity index is 1170. The molecule has 1 aromatic carbocycles. The molecule has 1 N–H and O–H groups in total. The van der Waals surface area contributed by atoms with E-state index < -0.39 is 15.9 Å². The van der Waals surface area contributed by atoms with E-state index in [9.17, 15) is 13.2 Å². The van der Waals surface area contributed by atoms with Gasteiger partial charge in [0.2, 0.25) is 10.0 Å². The molecule has 1 aliphatic rings. The number of aromatic nitrogens is 4. The second kappa shape index (κ2) is 8.23. The largest absolute Gasteiger partial charge is 0.401 e. The molecule has 0 radical (unpaired) electrons. The van der Waals surface area contributed by atoms with E-state index in [-0.39, 0.29) is 22.4 Å². The number of carbonyl (C=O) groups is 1. The van der Waals surface area contributed by atoms with Crippen LogP contribution in [0.3, 0.4) is 0 Å². The Kier molecular flexibility index (Phi) is 5.63. The van der Waals surface area contributed by atoms with Crippen LogP contribution >= 0.6 is 0 Å². The molecule has 1 fully saturated rings. The molecule has 0 aliphatic carbocycles. The number of carbonyl (C=O) groups excluding carboxylic acids is 1. The van der Waals surface area contributed by atoms with E-state index in [4.69, 9.17) is 4.42 Å². The molecule has 11 heteroatoms. The smallest absolute Gasteiger partial charge is 0.322 e. The number of amides is 1. The summed E-state index contributed by atoms with van der Waals surface area (Å²) < 4.78 is 34.5. The molecule has 0 saturated carbocycles. The number of nitrogens with zero attached hydrogens (tertiary/aromatic N) is 5. The first-order valence-electron chi connectivity index (χ1n) is 9.97. The number of hydrogen-bond donors (Lipinski definition) is 1. The Labute approximate surface area is 180 Å². The molecule has 31 heavy (non-hydrogen) atoms. The van der Waals surface area contributed by atoms with Gasteiger partial charge in [-0.05, 0) is 48.6 Å². The third-order valence-corrected chi connectivity index (χ3v) is 7.12. The van der Waals surface area contributed by atoms with Crippen molar-refractivity contribution in [1.82, 2.24) is 24.3 Å². The van der Waals surface area contributed by atoms with Crippen molar-refractivity contribution >= 4 is 21.9 Å². The van der Waals surface area contributed by atoms with Gasteiger partial charge in [-0.15, -0.1) is 5.10 Å². The number of hydrogen-bond acceptors (Lipinski definition) is 7. The van der Waals surface area contributed by atoms with E-state index >= 15 is 0 Å². The van der Waals surface area contributed by atoms with E-state index in [1.165, 1.54) is 28.6 Å². The molecular weight excluding hydrogens is 420 g/mol. The first-order valence-corrected chi connectivity index (χ1v) is 11.4. The van der Waals surface area contributed by atoms with Crippen molar-refractivity contribution in [3.8, 4) is 11.6 Å². The summed E-state index contributed by atoms with van der Waals surface area (Å²) in [5.41, 5.74) is 0.892. The van der Waals surface area contributed by atoms with Crippen molar-refractivity contribution in [1.29, 1.82) is 0 Å². The molecule has 1 amide bonds. The van der Waals surface area contributed by atoms with Crippen molar-refractivity contribution in [2.45, 2.75) is 25.2 Å². The van der Waals surface area contributed by atoms with Crippen LogP contribution in [-0.2, 0) is 17.1 Å². The topological polar surface area (TPSA) is 123 Å². The lowest BCUT2D eigenvalue weighted by molar-refractivity contribution is 0.102. The van der Waals surface area contributed by atoms with Gasteiger partial charge >= 0.3 is 6.01 Å². The van der Waals surface area contributed by atoms with Crippen LogP contribution < -0.4 is 5.32 Å².